The van der Waals surface area contributed by atoms with E-state index in [1.807, 2.05) is 6.92 Å². The Balaban J connectivity index is 2.92. The average molecular weight is 228 g/mol. The van der Waals surface area contributed by atoms with Gasteiger partial charge in [-0.2, -0.15) is 0 Å². The van der Waals surface area contributed by atoms with Crippen molar-refractivity contribution in [3.63, 3.8) is 0 Å². The van der Waals surface area contributed by atoms with Gasteiger partial charge in [-0.25, -0.2) is 0 Å². The van der Waals surface area contributed by atoms with E-state index >= 15 is 0 Å². The van der Waals surface area contributed by atoms with Gasteiger partial charge in [0.15, 0.2) is 0 Å². The molecule has 66 valence electrons. The molecule has 0 fully saturated rings. The molecule has 0 aliphatic heterocycles. The molecular weight excluding hydrogens is 214 g/mol. The third-order valence-electron chi connectivity index (χ3n) is 1.92. The Morgan fingerprint density at radius 2 is 2.17 bits per heavy atom. The van der Waals surface area contributed by atoms with Crippen LogP contribution in [0.5, 0.6) is 0 Å². The molecule has 2 N–H and O–H groups in total. The van der Waals surface area contributed by atoms with Crippen molar-refractivity contribution >= 4 is 15.9 Å². The standard InChI is InChI=1S/C10H14BrN/c1-7(12)6-9-4-3-5-10(11)8(9)2/h3-5,7H,6,12H2,1-2H3/t7-/m0/s1. The predicted molar refractivity (Wildman–Crippen MR) is 56.2 cm³/mol. The number of nitrogens with two attached hydrogens (primary N) is 1. The molecule has 1 aromatic rings. The second-order valence-corrected chi connectivity index (χ2v) is 4.06. The van der Waals surface area contributed by atoms with Crippen molar-refractivity contribution in [1.29, 1.82) is 0 Å². The predicted octanol–water partition coefficient (Wildman–Crippen LogP) is 2.65. The van der Waals surface area contributed by atoms with Gasteiger partial charge in [-0.3, -0.25) is 0 Å². The first-order chi connectivity index (χ1) is 5.61. The quantitative estimate of drug-likeness (QED) is 0.827. The second kappa shape index (κ2) is 4.06. The van der Waals surface area contributed by atoms with Gasteiger partial charge in [-0.15, -0.1) is 0 Å². The zero-order valence-electron chi connectivity index (χ0n) is 7.47. The van der Waals surface area contributed by atoms with E-state index in [2.05, 4.69) is 41.1 Å². The Morgan fingerprint density at radius 3 is 2.75 bits per heavy atom. The van der Waals surface area contributed by atoms with Crippen molar-refractivity contribution in [3.8, 4) is 0 Å². The minimum atomic E-state index is 0.234. The van der Waals surface area contributed by atoms with Gasteiger partial charge in [0.05, 0.1) is 0 Å². The van der Waals surface area contributed by atoms with E-state index in [4.69, 9.17) is 5.73 Å². The van der Waals surface area contributed by atoms with Crippen LogP contribution in [0.3, 0.4) is 0 Å². The number of rotatable bonds is 2. The first-order valence-electron chi connectivity index (χ1n) is 4.11. The Kier molecular flexibility index (Phi) is 3.29. The highest BCUT2D eigenvalue weighted by Gasteiger charge is 2.03. The molecule has 0 unspecified atom stereocenters. The average Bonchev–Trinajstić information content (AvgIpc) is 1.98. The smallest absolute Gasteiger partial charge is 0.0207 e. The molecule has 1 aromatic carbocycles. The molecule has 0 bridgehead atoms. The lowest BCUT2D eigenvalue weighted by atomic mass is 10.0. The number of hydrogen-bond acceptors (Lipinski definition) is 1. The van der Waals surface area contributed by atoms with Crippen LogP contribution in [0.25, 0.3) is 0 Å². The van der Waals surface area contributed by atoms with Crippen molar-refractivity contribution in [2.75, 3.05) is 0 Å². The normalized spacial score (nSPS) is 13.0. The summed E-state index contributed by atoms with van der Waals surface area (Å²) in [5.41, 5.74) is 8.36. The Morgan fingerprint density at radius 1 is 1.50 bits per heavy atom. The molecule has 1 atom stereocenters. The monoisotopic (exact) mass is 227 g/mol. The summed E-state index contributed by atoms with van der Waals surface area (Å²) in [6, 6.07) is 6.47. The highest BCUT2D eigenvalue weighted by molar-refractivity contribution is 9.10. The van der Waals surface area contributed by atoms with Gasteiger partial charge in [0.1, 0.15) is 0 Å². The molecule has 12 heavy (non-hydrogen) atoms. The number of halogens is 1. The third-order valence-corrected chi connectivity index (χ3v) is 2.78. The van der Waals surface area contributed by atoms with Crippen LogP contribution in [0, 0.1) is 6.92 Å². The maximum absolute atomic E-state index is 5.73. The van der Waals surface area contributed by atoms with E-state index in [1.165, 1.54) is 15.6 Å². The minimum absolute atomic E-state index is 0.234. The molecule has 0 aromatic heterocycles. The number of hydrogen-bond donors (Lipinski definition) is 1. The Hall–Kier alpha value is -0.340. The van der Waals surface area contributed by atoms with Crippen LogP contribution in [-0.4, -0.2) is 6.04 Å². The van der Waals surface area contributed by atoms with Crippen molar-refractivity contribution < 1.29 is 0 Å². The fourth-order valence-electron chi connectivity index (χ4n) is 1.22. The third kappa shape index (κ3) is 2.32. The molecular formula is C10H14BrN. The Labute approximate surface area is 82.1 Å². The van der Waals surface area contributed by atoms with Crippen molar-refractivity contribution in [3.05, 3.63) is 33.8 Å². The van der Waals surface area contributed by atoms with Gasteiger partial charge >= 0.3 is 0 Å². The molecule has 0 aliphatic carbocycles. The molecule has 2 heteroatoms. The molecule has 1 nitrogen and oxygen atoms in total. The Bertz CT molecular complexity index is 269. The van der Waals surface area contributed by atoms with E-state index < -0.39 is 0 Å². The lowest BCUT2D eigenvalue weighted by Crippen LogP contribution is -2.18. The van der Waals surface area contributed by atoms with Gasteiger partial charge in [0.25, 0.3) is 0 Å². The fraction of sp³-hybridized carbons (Fsp3) is 0.400. The summed E-state index contributed by atoms with van der Waals surface area (Å²) in [5, 5.41) is 0. The van der Waals surface area contributed by atoms with Crippen molar-refractivity contribution in [1.82, 2.24) is 0 Å². The minimum Gasteiger partial charge on any atom is -0.328 e. The lowest BCUT2D eigenvalue weighted by molar-refractivity contribution is 0.734. The molecule has 0 saturated heterocycles. The lowest BCUT2D eigenvalue weighted by Gasteiger charge is -2.09. The summed E-state index contributed by atoms with van der Waals surface area (Å²) in [5.74, 6) is 0. The van der Waals surface area contributed by atoms with Crippen LogP contribution < -0.4 is 5.73 Å². The van der Waals surface area contributed by atoms with E-state index in [9.17, 15) is 0 Å². The van der Waals surface area contributed by atoms with Crippen LogP contribution in [0.1, 0.15) is 18.1 Å². The summed E-state index contributed by atoms with van der Waals surface area (Å²) in [6.07, 6.45) is 0.950. The zero-order valence-corrected chi connectivity index (χ0v) is 9.06. The largest absolute Gasteiger partial charge is 0.328 e. The van der Waals surface area contributed by atoms with Crippen LogP contribution >= 0.6 is 15.9 Å². The van der Waals surface area contributed by atoms with Crippen LogP contribution in [0.2, 0.25) is 0 Å². The van der Waals surface area contributed by atoms with Crippen LogP contribution in [-0.2, 0) is 6.42 Å². The molecule has 0 heterocycles. The molecule has 0 amide bonds. The van der Waals surface area contributed by atoms with Gasteiger partial charge in [-0.05, 0) is 37.5 Å². The van der Waals surface area contributed by atoms with Crippen LogP contribution in [0.15, 0.2) is 22.7 Å². The maximum atomic E-state index is 5.73. The SMILES string of the molecule is Cc1c(Br)cccc1C[C@H](C)N. The summed E-state index contributed by atoms with van der Waals surface area (Å²) in [7, 11) is 0. The molecule has 0 aliphatic rings. The highest BCUT2D eigenvalue weighted by Crippen LogP contribution is 2.19. The van der Waals surface area contributed by atoms with E-state index in [0.29, 0.717) is 0 Å². The highest BCUT2D eigenvalue weighted by atomic mass is 79.9. The van der Waals surface area contributed by atoms with E-state index in [0.717, 1.165) is 6.42 Å². The second-order valence-electron chi connectivity index (χ2n) is 3.21. The van der Waals surface area contributed by atoms with E-state index in [1.54, 1.807) is 0 Å². The van der Waals surface area contributed by atoms with Gasteiger partial charge in [0.2, 0.25) is 0 Å². The van der Waals surface area contributed by atoms with Gasteiger partial charge < -0.3 is 5.73 Å². The fourth-order valence-corrected chi connectivity index (χ4v) is 1.63. The molecule has 0 saturated carbocycles. The maximum Gasteiger partial charge on any atom is 0.0207 e. The molecule has 1 rings (SSSR count). The first kappa shape index (κ1) is 9.75. The molecule has 0 radical (unpaired) electrons. The first-order valence-corrected chi connectivity index (χ1v) is 4.90. The number of benzene rings is 1. The van der Waals surface area contributed by atoms with Crippen molar-refractivity contribution in [2.45, 2.75) is 26.3 Å². The van der Waals surface area contributed by atoms with Gasteiger partial charge in [-0.1, -0.05) is 28.1 Å². The topological polar surface area (TPSA) is 26.0 Å². The molecule has 0 spiro atoms. The summed E-state index contributed by atoms with van der Waals surface area (Å²) in [4.78, 5) is 0. The van der Waals surface area contributed by atoms with Gasteiger partial charge in [0, 0.05) is 10.5 Å². The summed E-state index contributed by atoms with van der Waals surface area (Å²) in [6.45, 7) is 4.14. The summed E-state index contributed by atoms with van der Waals surface area (Å²) < 4.78 is 1.17. The van der Waals surface area contributed by atoms with Crippen molar-refractivity contribution in [2.24, 2.45) is 5.73 Å². The zero-order chi connectivity index (χ0) is 9.14. The summed E-state index contributed by atoms with van der Waals surface area (Å²) >= 11 is 3.50. The van der Waals surface area contributed by atoms with Crippen LogP contribution in [0.4, 0.5) is 0 Å². The van der Waals surface area contributed by atoms with E-state index in [-0.39, 0.29) is 6.04 Å².